The third-order valence-corrected chi connectivity index (χ3v) is 19.3. The molecule has 578 valence electrons. The van der Waals surface area contributed by atoms with Crippen LogP contribution in [0.1, 0.15) is 0 Å². The van der Waals surface area contributed by atoms with Crippen molar-refractivity contribution in [2.75, 3.05) is 181 Å². The van der Waals surface area contributed by atoms with Crippen molar-refractivity contribution < 1.29 is 156 Å². The zero-order valence-electron chi connectivity index (χ0n) is 60.3. The summed E-state index contributed by atoms with van der Waals surface area (Å²) >= 11 is 0. The van der Waals surface area contributed by atoms with Gasteiger partial charge in [-0.1, -0.05) is 10.2 Å². The van der Waals surface area contributed by atoms with E-state index in [9.17, 15) is 11.1 Å². The number of azide groups is 2. The molecular formula is C61H106N6O33. The Kier molecular flexibility index (Phi) is 33.9. The Morgan fingerprint density at radius 2 is 0.350 bits per heavy atom. The normalized spacial score (nSPS) is 45.1. The van der Waals surface area contributed by atoms with Gasteiger partial charge in [-0.05, 0) is 11.1 Å². The van der Waals surface area contributed by atoms with Gasteiger partial charge in [0.1, 0.15) is 159 Å². The van der Waals surface area contributed by atoms with Gasteiger partial charge in [-0.2, -0.15) is 0 Å². The number of nitrogens with zero attached hydrogens (tertiary/aromatic N) is 6. The van der Waals surface area contributed by atoms with E-state index in [2.05, 4.69) is 20.1 Å². The van der Waals surface area contributed by atoms with Gasteiger partial charge in [0.05, 0.1) is 58.3 Å². The second-order valence-corrected chi connectivity index (χ2v) is 24.4. The van der Waals surface area contributed by atoms with Crippen LogP contribution in [0.4, 0.5) is 0 Å². The van der Waals surface area contributed by atoms with Crippen LogP contribution in [0.5, 0.6) is 0 Å². The molecule has 21 aliphatic heterocycles. The van der Waals surface area contributed by atoms with Crippen LogP contribution in [0, 0.1) is 0 Å². The summed E-state index contributed by atoms with van der Waals surface area (Å²) in [4.78, 5) is 6.12. The molecule has 21 rings (SSSR count). The molecule has 39 nitrogen and oxygen atoms in total. The molecule has 0 spiro atoms. The molecule has 100 heavy (non-hydrogen) atoms. The van der Waals surface area contributed by atoms with E-state index in [0.29, 0.717) is 0 Å². The second kappa shape index (κ2) is 40.9. The monoisotopic (exact) mass is 1450 g/mol. The molecule has 0 amide bonds. The maximum absolute atomic E-state index is 9.84. The van der Waals surface area contributed by atoms with Gasteiger partial charge >= 0.3 is 0 Å². The third-order valence-electron chi connectivity index (χ3n) is 19.3. The number of rotatable bonds is 28. The predicted octanol–water partition coefficient (Wildman–Crippen LogP) is -0.167. The first kappa shape index (κ1) is 82.9. The van der Waals surface area contributed by atoms with Crippen LogP contribution in [0.2, 0.25) is 0 Å². The van der Waals surface area contributed by atoms with E-state index < -0.39 is 215 Å². The number of methoxy groups -OCH3 is 19. The van der Waals surface area contributed by atoms with Crippen molar-refractivity contribution in [3.05, 3.63) is 20.9 Å². The van der Waals surface area contributed by atoms with Gasteiger partial charge in [0, 0.05) is 145 Å². The number of ether oxygens (including phenoxy) is 33. The Bertz CT molecular complexity index is 2430. The highest BCUT2D eigenvalue weighted by Crippen LogP contribution is 2.43. The van der Waals surface area contributed by atoms with Crippen LogP contribution in [0.15, 0.2) is 10.2 Å². The number of hydrogen-bond donors (Lipinski definition) is 0. The molecule has 35 atom stereocenters. The van der Waals surface area contributed by atoms with Crippen molar-refractivity contribution in [2.24, 2.45) is 10.2 Å². The molecular weight excluding hydrogens is 1340 g/mol. The van der Waals surface area contributed by atoms with Crippen LogP contribution in [0.3, 0.4) is 0 Å². The second-order valence-electron chi connectivity index (χ2n) is 24.4. The summed E-state index contributed by atoms with van der Waals surface area (Å²) in [6.07, 6.45) is -38.9. The molecule has 0 radical (unpaired) electrons. The molecule has 0 saturated carbocycles. The fourth-order valence-electron chi connectivity index (χ4n) is 14.8. The van der Waals surface area contributed by atoms with E-state index >= 15 is 0 Å². The summed E-state index contributed by atoms with van der Waals surface area (Å²) in [5, 5.41) is 7.85. The minimum atomic E-state index is -1.40. The van der Waals surface area contributed by atoms with Gasteiger partial charge in [0.15, 0.2) is 44.0 Å². The highest BCUT2D eigenvalue weighted by molar-refractivity contribution is 5.05. The molecule has 0 aromatic carbocycles. The molecule has 14 bridgehead atoms. The average molecular weight is 1450 g/mol. The zero-order chi connectivity index (χ0) is 72.3. The van der Waals surface area contributed by atoms with Crippen molar-refractivity contribution in [3.63, 3.8) is 0 Å². The Morgan fingerprint density at radius 1 is 0.210 bits per heavy atom. The van der Waals surface area contributed by atoms with Crippen LogP contribution < -0.4 is 0 Å². The lowest BCUT2D eigenvalue weighted by atomic mass is 9.94. The molecule has 0 aromatic rings. The van der Waals surface area contributed by atoms with Crippen LogP contribution in [-0.4, -0.2) is 396 Å². The van der Waals surface area contributed by atoms with E-state index in [1.807, 2.05) is 0 Å². The first-order chi connectivity index (χ1) is 48.7. The fraction of sp³-hybridized carbons (Fsp3) is 1.00. The van der Waals surface area contributed by atoms with E-state index in [1.54, 1.807) is 0 Å². The highest BCUT2D eigenvalue weighted by atomic mass is 16.8. The van der Waals surface area contributed by atoms with Gasteiger partial charge in [-0.3, -0.25) is 0 Å². The van der Waals surface area contributed by atoms with Gasteiger partial charge in [-0.25, -0.2) is 0 Å². The van der Waals surface area contributed by atoms with E-state index in [1.165, 1.54) is 135 Å². The van der Waals surface area contributed by atoms with Gasteiger partial charge in [0.25, 0.3) is 0 Å². The van der Waals surface area contributed by atoms with Crippen molar-refractivity contribution >= 4 is 0 Å². The Morgan fingerprint density at radius 3 is 0.480 bits per heavy atom. The summed E-state index contributed by atoms with van der Waals surface area (Å²) < 4.78 is 213. The average Bonchev–Trinajstić information content (AvgIpc) is 0.771. The van der Waals surface area contributed by atoms with Gasteiger partial charge in [-0.15, -0.1) is 0 Å². The molecule has 0 N–H and O–H groups in total. The predicted molar refractivity (Wildman–Crippen MR) is 333 cm³/mol. The molecule has 21 fully saturated rings. The largest absolute Gasteiger partial charge is 0.382 e. The minimum Gasteiger partial charge on any atom is -0.382 e. The van der Waals surface area contributed by atoms with Crippen LogP contribution >= 0.6 is 0 Å². The highest BCUT2D eigenvalue weighted by Gasteiger charge is 2.62. The Hall–Kier alpha value is -2.70. The van der Waals surface area contributed by atoms with Gasteiger partial charge in [0.2, 0.25) is 0 Å². The van der Waals surface area contributed by atoms with Crippen LogP contribution in [0.25, 0.3) is 20.9 Å². The summed E-state index contributed by atoms with van der Waals surface area (Å²) in [6.45, 7) is -1.09. The summed E-state index contributed by atoms with van der Waals surface area (Å²) in [7, 11) is 27.9. The van der Waals surface area contributed by atoms with Crippen molar-refractivity contribution in [3.8, 4) is 0 Å². The van der Waals surface area contributed by atoms with E-state index in [0.717, 1.165) is 0 Å². The lowest BCUT2D eigenvalue weighted by Gasteiger charge is -2.52. The van der Waals surface area contributed by atoms with E-state index in [4.69, 9.17) is 156 Å². The minimum absolute atomic E-state index is 0.0607. The lowest BCUT2D eigenvalue weighted by Crippen LogP contribution is -2.69. The Labute approximate surface area is 582 Å². The SMILES string of the molecule is COC[C@H]1O[C@@H]2O[C@H]3[C@H](OC)[C@@H](OC)[C@@H](O[C@H]4[C@H](OC)[C@@H](OC)[C@@H](O[C@H]5[C@H](OC)[C@@H](OC)[C@@H](O[C@H]6[C@H](OC)[C@@H](OC)[C@@H](O[C@H]7[C@H](OC)[C@@H](OC)[C@@H](O[C@H]8[C@H](OC)[C@@H](OC)[C@@H](O[C@H]1[C@H](OC)[C@H]2OC)O[C@@H]8CN=[N+]=[N-])O[C@@H]7CN=[N+]=[N-])O[C@@H]6COC)O[C@@H]5COC)O[C@@H]4COC)O[C@@H]3COC. The molecule has 0 aliphatic carbocycles. The van der Waals surface area contributed by atoms with E-state index in [-0.39, 0.29) is 46.1 Å². The van der Waals surface area contributed by atoms with Crippen molar-refractivity contribution in [1.82, 2.24) is 0 Å². The fourth-order valence-corrected chi connectivity index (χ4v) is 14.8. The molecule has 0 aromatic heterocycles. The Balaban J connectivity index is 1.25. The maximum Gasteiger partial charge on any atom is 0.187 e. The van der Waals surface area contributed by atoms with Crippen molar-refractivity contribution in [2.45, 2.75) is 215 Å². The smallest absolute Gasteiger partial charge is 0.187 e. The first-order valence-electron chi connectivity index (χ1n) is 32.7. The van der Waals surface area contributed by atoms with Gasteiger partial charge < -0.3 is 156 Å². The standard InChI is InChI=1S/C61H106N6O33/c1-68-22-29-36-43(75-8)51(83-16)58(90-29)98-38-31(24-70-3)92-60(53(85-18)45(38)77-10)100-40-33(26-72-5)93-61(54(86-19)47(40)79-12)99-39-32(25-71-4)91-59(52(84-17)46(39)78-11)97-37-30(23-69-2)89-57(50(82-15)44(37)76-9)95-35-28(21-65-67-63)87-55(48(80-13)42(35)74-7)94-34-27(20-64-66-62)88-56(96-36)49(81-14)41(34)73-6/h27-61H,20-26H2,1-19H3/t27-,28-,29-,30-,31-,32-,33-,34-,35-,36-,37-,38-,39-,40-,41+,42+,43+,44+,45+,46+,47+,48-,49-,50-,51-,52-,53-,54-,55-,56-,57-,58-,59-,60-,61-/m1/s1. The molecule has 21 aliphatic rings. The molecule has 21 heterocycles. The maximum atomic E-state index is 9.84. The summed E-state index contributed by atoms with van der Waals surface area (Å²) in [5.74, 6) is 0. The van der Waals surface area contributed by atoms with Crippen molar-refractivity contribution in [1.29, 1.82) is 0 Å². The molecule has 0 unspecified atom stereocenters. The first-order valence-corrected chi connectivity index (χ1v) is 32.7. The van der Waals surface area contributed by atoms with Crippen LogP contribution in [-0.2, 0) is 156 Å². The lowest BCUT2D eigenvalue weighted by molar-refractivity contribution is -0.402. The molecule has 39 heteroatoms. The molecule has 21 saturated heterocycles. The summed E-state index contributed by atoms with van der Waals surface area (Å²) in [6, 6.07) is 0. The topological polar surface area (TPSA) is 402 Å². The quantitative estimate of drug-likeness (QED) is 0.0557. The number of hydrogen-bond acceptors (Lipinski definition) is 35. The zero-order valence-corrected chi connectivity index (χ0v) is 60.3. The third kappa shape index (κ3) is 18.1. The summed E-state index contributed by atoms with van der Waals surface area (Å²) in [5.41, 5.74) is 19.7.